The molecular formula is C29H28N4O4. The van der Waals surface area contributed by atoms with E-state index in [2.05, 4.69) is 16.9 Å². The first kappa shape index (κ1) is 25.2. The van der Waals surface area contributed by atoms with Crippen molar-refractivity contribution in [1.29, 1.82) is 0 Å². The average Bonchev–Trinajstić information content (AvgIpc) is 3.36. The van der Waals surface area contributed by atoms with Crippen molar-refractivity contribution in [2.75, 3.05) is 32.6 Å². The van der Waals surface area contributed by atoms with Gasteiger partial charge in [0.25, 0.3) is 5.91 Å². The van der Waals surface area contributed by atoms with Crippen molar-refractivity contribution < 1.29 is 19.1 Å². The van der Waals surface area contributed by atoms with E-state index in [-0.39, 0.29) is 24.9 Å². The summed E-state index contributed by atoms with van der Waals surface area (Å²) >= 11 is 0. The van der Waals surface area contributed by atoms with E-state index in [1.54, 1.807) is 49.1 Å². The molecule has 1 N–H and O–H groups in total. The maximum atomic E-state index is 13.1. The molecule has 4 rings (SSSR count). The second-order valence-corrected chi connectivity index (χ2v) is 8.13. The van der Waals surface area contributed by atoms with Gasteiger partial charge in [-0.3, -0.25) is 19.5 Å². The topological polar surface area (TPSA) is 85.7 Å². The lowest BCUT2D eigenvalue weighted by Gasteiger charge is -2.20. The Morgan fingerprint density at radius 3 is 2.16 bits per heavy atom. The van der Waals surface area contributed by atoms with Crippen molar-refractivity contribution in [3.8, 4) is 28.4 Å². The van der Waals surface area contributed by atoms with E-state index in [0.717, 1.165) is 17.0 Å². The summed E-state index contributed by atoms with van der Waals surface area (Å²) in [4.78, 5) is 32.2. The van der Waals surface area contributed by atoms with Gasteiger partial charge in [0, 0.05) is 29.6 Å². The van der Waals surface area contributed by atoms with E-state index >= 15 is 0 Å². The average molecular weight is 497 g/mol. The van der Waals surface area contributed by atoms with Gasteiger partial charge in [0.15, 0.2) is 0 Å². The van der Waals surface area contributed by atoms with Crippen LogP contribution in [-0.4, -0.2) is 53.6 Å². The number of carbonyl (C=O) groups excluding carboxylic acids is 2. The lowest BCUT2D eigenvalue weighted by Crippen LogP contribution is -2.38. The van der Waals surface area contributed by atoms with Crippen LogP contribution in [0.1, 0.15) is 10.4 Å². The highest BCUT2D eigenvalue weighted by atomic mass is 16.5. The summed E-state index contributed by atoms with van der Waals surface area (Å²) in [5.74, 6) is 1.13. The Morgan fingerprint density at radius 1 is 0.946 bits per heavy atom. The van der Waals surface area contributed by atoms with Crippen molar-refractivity contribution in [3.05, 3.63) is 103 Å². The predicted octanol–water partition coefficient (Wildman–Crippen LogP) is 4.82. The van der Waals surface area contributed by atoms with Gasteiger partial charge < -0.3 is 14.4 Å². The van der Waals surface area contributed by atoms with Gasteiger partial charge in [-0.25, -0.2) is 4.98 Å². The van der Waals surface area contributed by atoms with Crippen molar-refractivity contribution in [1.82, 2.24) is 14.5 Å². The number of nitrogens with one attached hydrogen (secondary N) is 1. The molecule has 0 bridgehead atoms. The number of nitrogens with zero attached hydrogens (tertiary/aromatic N) is 3. The number of carbonyl (C=O) groups is 2. The van der Waals surface area contributed by atoms with Gasteiger partial charge in [-0.2, -0.15) is 0 Å². The highest BCUT2D eigenvalue weighted by Crippen LogP contribution is 2.27. The molecule has 4 aromatic rings. The number of rotatable bonds is 10. The first-order chi connectivity index (χ1) is 18.0. The summed E-state index contributed by atoms with van der Waals surface area (Å²) in [6.07, 6.45) is 3.43. The number of aromatic nitrogens is 2. The Morgan fingerprint density at radius 2 is 1.57 bits per heavy atom. The minimum Gasteiger partial charge on any atom is -0.497 e. The number of ether oxygens (including phenoxy) is 2. The smallest absolute Gasteiger partial charge is 0.254 e. The summed E-state index contributed by atoms with van der Waals surface area (Å²) in [6.45, 7) is 3.79. The third-order valence-corrected chi connectivity index (χ3v) is 5.69. The van der Waals surface area contributed by atoms with Crippen LogP contribution in [0.25, 0.3) is 16.9 Å². The molecule has 0 radical (unpaired) electrons. The van der Waals surface area contributed by atoms with E-state index in [9.17, 15) is 9.59 Å². The maximum Gasteiger partial charge on any atom is 0.254 e. The highest BCUT2D eigenvalue weighted by molar-refractivity contribution is 5.99. The highest BCUT2D eigenvalue weighted by Gasteiger charge is 2.20. The molecule has 0 spiro atoms. The maximum absolute atomic E-state index is 13.1. The molecule has 3 aromatic carbocycles. The number of imidazole rings is 1. The Balaban J connectivity index is 1.62. The van der Waals surface area contributed by atoms with Crippen LogP contribution in [0.3, 0.4) is 0 Å². The van der Waals surface area contributed by atoms with Crippen LogP contribution in [0.2, 0.25) is 0 Å². The van der Waals surface area contributed by atoms with Crippen LogP contribution in [0, 0.1) is 0 Å². The van der Waals surface area contributed by atoms with Gasteiger partial charge in [0.2, 0.25) is 11.9 Å². The zero-order chi connectivity index (χ0) is 26.2. The Labute approximate surface area is 215 Å². The van der Waals surface area contributed by atoms with Gasteiger partial charge in [-0.05, 0) is 60.7 Å². The molecule has 0 unspecified atom stereocenters. The summed E-state index contributed by atoms with van der Waals surface area (Å²) in [7, 11) is 3.21. The first-order valence-corrected chi connectivity index (χ1v) is 11.7. The fourth-order valence-corrected chi connectivity index (χ4v) is 3.78. The summed E-state index contributed by atoms with van der Waals surface area (Å²) in [5.41, 5.74) is 2.80. The largest absolute Gasteiger partial charge is 0.497 e. The Bertz CT molecular complexity index is 1360. The fraction of sp³-hybridized carbons (Fsp3) is 0.138. The van der Waals surface area contributed by atoms with Gasteiger partial charge >= 0.3 is 0 Å². The minimum atomic E-state index is -0.382. The van der Waals surface area contributed by atoms with Crippen molar-refractivity contribution in [2.24, 2.45) is 0 Å². The van der Waals surface area contributed by atoms with E-state index in [4.69, 9.17) is 9.47 Å². The van der Waals surface area contributed by atoms with Crippen molar-refractivity contribution in [3.63, 3.8) is 0 Å². The van der Waals surface area contributed by atoms with Crippen molar-refractivity contribution in [2.45, 2.75) is 0 Å². The van der Waals surface area contributed by atoms with Crippen LogP contribution >= 0.6 is 0 Å². The second kappa shape index (κ2) is 11.7. The molecule has 0 saturated carbocycles. The number of methoxy groups -OCH3 is 2. The molecule has 0 atom stereocenters. The molecular weight excluding hydrogens is 468 g/mol. The van der Waals surface area contributed by atoms with E-state index in [0.29, 0.717) is 23.0 Å². The molecule has 0 aliphatic carbocycles. The molecule has 37 heavy (non-hydrogen) atoms. The molecule has 0 aliphatic heterocycles. The van der Waals surface area contributed by atoms with Gasteiger partial charge in [0.1, 0.15) is 18.0 Å². The van der Waals surface area contributed by atoms with Gasteiger partial charge in [0.05, 0.1) is 19.9 Å². The molecule has 1 heterocycles. The number of amides is 2. The molecule has 2 amide bonds. The quantitative estimate of drug-likeness (QED) is 0.318. The van der Waals surface area contributed by atoms with E-state index in [1.807, 2.05) is 60.8 Å². The normalized spacial score (nSPS) is 10.4. The van der Waals surface area contributed by atoms with E-state index < -0.39 is 0 Å². The van der Waals surface area contributed by atoms with Crippen LogP contribution in [0.5, 0.6) is 11.5 Å². The molecule has 0 saturated heterocycles. The summed E-state index contributed by atoms with van der Waals surface area (Å²) in [5, 5.41) is 2.87. The number of anilines is 1. The summed E-state index contributed by atoms with van der Waals surface area (Å²) in [6, 6.07) is 23.7. The predicted molar refractivity (Wildman–Crippen MR) is 143 cm³/mol. The molecule has 0 fully saturated rings. The molecule has 188 valence electrons. The zero-order valence-electron chi connectivity index (χ0n) is 20.8. The lowest BCUT2D eigenvalue weighted by atomic mass is 10.1. The Kier molecular flexibility index (Phi) is 8.00. The molecule has 0 aliphatic rings. The third-order valence-electron chi connectivity index (χ3n) is 5.69. The Hall–Kier alpha value is -4.85. The zero-order valence-corrected chi connectivity index (χ0v) is 20.8. The third kappa shape index (κ3) is 6.05. The lowest BCUT2D eigenvalue weighted by molar-refractivity contribution is -0.116. The minimum absolute atomic E-state index is 0.160. The molecule has 8 nitrogen and oxygen atoms in total. The number of hydrogen-bond acceptors (Lipinski definition) is 5. The fourth-order valence-electron chi connectivity index (χ4n) is 3.78. The van der Waals surface area contributed by atoms with E-state index in [1.165, 1.54) is 4.90 Å². The number of hydrogen-bond donors (Lipinski definition) is 1. The summed E-state index contributed by atoms with van der Waals surface area (Å²) < 4.78 is 12.3. The van der Waals surface area contributed by atoms with Crippen LogP contribution in [0.15, 0.2) is 97.7 Å². The monoisotopic (exact) mass is 496 g/mol. The van der Waals surface area contributed by atoms with Gasteiger partial charge in [-0.1, -0.05) is 24.3 Å². The van der Waals surface area contributed by atoms with Gasteiger partial charge in [-0.15, -0.1) is 6.58 Å². The SMILES string of the molecule is C=CCN(CC(=O)Nc1nc(-c2ccc(OC)cc2)cn1-c1ccc(OC)cc1)C(=O)c1ccccc1. The molecule has 1 aromatic heterocycles. The van der Waals surface area contributed by atoms with Crippen LogP contribution in [-0.2, 0) is 4.79 Å². The second-order valence-electron chi connectivity index (χ2n) is 8.13. The molecule has 8 heteroatoms. The first-order valence-electron chi connectivity index (χ1n) is 11.7. The van der Waals surface area contributed by atoms with Crippen LogP contribution in [0.4, 0.5) is 5.95 Å². The number of benzene rings is 3. The standard InChI is InChI=1S/C29H28N4O4/c1-4-18-32(28(35)22-8-6-5-7-9-22)20-27(34)31-29-30-26(21-10-14-24(36-2)15-11-21)19-33(29)23-12-16-25(37-3)17-13-23/h4-17,19H,1,18,20H2,2-3H3,(H,30,31,34). The van der Waals surface area contributed by atoms with Crippen molar-refractivity contribution >= 4 is 17.8 Å². The van der Waals surface area contributed by atoms with Crippen LogP contribution < -0.4 is 14.8 Å².